The van der Waals surface area contributed by atoms with Gasteiger partial charge in [-0.2, -0.15) is 0 Å². The number of fused-ring (bicyclic) bond motifs is 1. The predicted octanol–water partition coefficient (Wildman–Crippen LogP) is 2.37. The van der Waals surface area contributed by atoms with Gasteiger partial charge in [0.05, 0.1) is 10.2 Å². The van der Waals surface area contributed by atoms with Crippen molar-refractivity contribution in [3.8, 4) is 0 Å². The minimum Gasteiger partial charge on any atom is -0.352 e. The molecule has 1 aromatic carbocycles. The monoisotopic (exact) mass is 386 g/mol. The molecule has 27 heavy (non-hydrogen) atoms. The Morgan fingerprint density at radius 2 is 2.22 bits per heavy atom. The van der Waals surface area contributed by atoms with E-state index in [0.29, 0.717) is 13.0 Å². The quantitative estimate of drug-likeness (QED) is 0.708. The van der Waals surface area contributed by atoms with Crippen LogP contribution in [0.25, 0.3) is 16.3 Å². The van der Waals surface area contributed by atoms with Gasteiger partial charge >= 0.3 is 0 Å². The zero-order valence-corrected chi connectivity index (χ0v) is 16.7. The Balaban J connectivity index is 1.45. The largest absolute Gasteiger partial charge is 0.352 e. The first-order valence-corrected chi connectivity index (χ1v) is 10.1. The number of amides is 2. The lowest BCUT2D eigenvalue weighted by Crippen LogP contribution is -2.39. The van der Waals surface area contributed by atoms with Crippen LogP contribution in [-0.4, -0.2) is 66.4 Å². The number of likely N-dealkylation sites (tertiary alicyclic amines) is 1. The SMILES string of the molecule is CN(C)CCN1C(=O)CCC1CCNC(=O)/C=C/c1nc2ccccc2s1. The molecule has 1 saturated heterocycles. The Bertz CT molecular complexity index is 797. The number of nitrogens with zero attached hydrogens (tertiary/aromatic N) is 3. The average Bonchev–Trinajstić information content (AvgIpc) is 3.21. The molecule has 0 spiro atoms. The molecule has 0 bridgehead atoms. The lowest BCUT2D eigenvalue weighted by molar-refractivity contribution is -0.129. The predicted molar refractivity (Wildman–Crippen MR) is 110 cm³/mol. The van der Waals surface area contributed by atoms with E-state index < -0.39 is 0 Å². The zero-order valence-electron chi connectivity index (χ0n) is 15.9. The van der Waals surface area contributed by atoms with Crippen LogP contribution in [0.3, 0.4) is 0 Å². The first-order chi connectivity index (χ1) is 13.0. The molecule has 7 heteroatoms. The van der Waals surface area contributed by atoms with Crippen LogP contribution in [0.15, 0.2) is 30.3 Å². The molecule has 0 radical (unpaired) electrons. The van der Waals surface area contributed by atoms with E-state index in [9.17, 15) is 9.59 Å². The fraction of sp³-hybridized carbons (Fsp3) is 0.450. The summed E-state index contributed by atoms with van der Waals surface area (Å²) in [5, 5.41) is 3.74. The number of aromatic nitrogens is 1. The number of hydrogen-bond donors (Lipinski definition) is 1. The summed E-state index contributed by atoms with van der Waals surface area (Å²) in [7, 11) is 4.01. The fourth-order valence-electron chi connectivity index (χ4n) is 3.24. The molecule has 0 saturated carbocycles. The van der Waals surface area contributed by atoms with Crippen molar-refractivity contribution in [3.63, 3.8) is 0 Å². The molecule has 1 N–H and O–H groups in total. The molecule has 144 valence electrons. The van der Waals surface area contributed by atoms with E-state index in [1.807, 2.05) is 43.3 Å². The third-order valence-corrected chi connectivity index (χ3v) is 5.71. The number of para-hydroxylation sites is 1. The lowest BCUT2D eigenvalue weighted by atomic mass is 10.1. The van der Waals surface area contributed by atoms with Gasteiger partial charge in [-0.3, -0.25) is 9.59 Å². The van der Waals surface area contributed by atoms with Crippen LogP contribution in [-0.2, 0) is 9.59 Å². The second-order valence-corrected chi connectivity index (χ2v) is 8.08. The van der Waals surface area contributed by atoms with Gasteiger partial charge in [-0.1, -0.05) is 12.1 Å². The van der Waals surface area contributed by atoms with Crippen molar-refractivity contribution in [2.24, 2.45) is 0 Å². The van der Waals surface area contributed by atoms with E-state index in [1.54, 1.807) is 17.4 Å². The summed E-state index contributed by atoms with van der Waals surface area (Å²) in [5.41, 5.74) is 0.950. The van der Waals surface area contributed by atoms with E-state index in [1.165, 1.54) is 6.08 Å². The third kappa shape index (κ3) is 5.37. The van der Waals surface area contributed by atoms with Crippen LogP contribution < -0.4 is 5.32 Å². The number of benzene rings is 1. The van der Waals surface area contributed by atoms with Crippen LogP contribution in [0, 0.1) is 0 Å². The van der Waals surface area contributed by atoms with Crippen LogP contribution in [0.4, 0.5) is 0 Å². The highest BCUT2D eigenvalue weighted by atomic mass is 32.1. The average molecular weight is 387 g/mol. The van der Waals surface area contributed by atoms with Crippen molar-refractivity contribution in [1.29, 1.82) is 0 Å². The summed E-state index contributed by atoms with van der Waals surface area (Å²) in [5.74, 6) is 0.0994. The van der Waals surface area contributed by atoms with E-state index in [4.69, 9.17) is 0 Å². The number of nitrogens with one attached hydrogen (secondary N) is 1. The van der Waals surface area contributed by atoms with Crippen LogP contribution in [0.5, 0.6) is 0 Å². The smallest absolute Gasteiger partial charge is 0.244 e. The van der Waals surface area contributed by atoms with Gasteiger partial charge in [0, 0.05) is 38.2 Å². The molecular formula is C20H26N4O2S. The first kappa shape index (κ1) is 19.5. The number of hydrogen-bond acceptors (Lipinski definition) is 5. The highest BCUT2D eigenvalue weighted by Crippen LogP contribution is 2.22. The van der Waals surface area contributed by atoms with Gasteiger partial charge < -0.3 is 15.1 Å². The molecule has 0 aliphatic carbocycles. The van der Waals surface area contributed by atoms with Gasteiger partial charge in [-0.05, 0) is 45.1 Å². The molecule has 1 fully saturated rings. The molecule has 3 rings (SSSR count). The second-order valence-electron chi connectivity index (χ2n) is 7.02. The zero-order chi connectivity index (χ0) is 19.2. The Morgan fingerprint density at radius 1 is 1.41 bits per heavy atom. The summed E-state index contributed by atoms with van der Waals surface area (Å²) in [6.07, 6.45) is 5.57. The van der Waals surface area contributed by atoms with E-state index in [0.717, 1.165) is 41.2 Å². The minimum absolute atomic E-state index is 0.126. The molecule has 2 heterocycles. The lowest BCUT2D eigenvalue weighted by Gasteiger charge is -2.26. The second kappa shape index (κ2) is 9.10. The van der Waals surface area contributed by atoms with Crippen LogP contribution in [0.1, 0.15) is 24.3 Å². The van der Waals surface area contributed by atoms with Crippen molar-refractivity contribution in [1.82, 2.24) is 20.1 Å². The van der Waals surface area contributed by atoms with Crippen LogP contribution in [0.2, 0.25) is 0 Å². The topological polar surface area (TPSA) is 65.5 Å². The summed E-state index contributed by atoms with van der Waals surface area (Å²) in [6.45, 7) is 2.18. The molecular weight excluding hydrogens is 360 g/mol. The van der Waals surface area contributed by atoms with E-state index >= 15 is 0 Å². The van der Waals surface area contributed by atoms with Crippen molar-refractivity contribution in [3.05, 3.63) is 35.3 Å². The van der Waals surface area contributed by atoms with Gasteiger partial charge in [0.1, 0.15) is 5.01 Å². The van der Waals surface area contributed by atoms with Gasteiger partial charge in [0.2, 0.25) is 11.8 Å². The summed E-state index contributed by atoms with van der Waals surface area (Å²) in [4.78, 5) is 32.6. The fourth-order valence-corrected chi connectivity index (χ4v) is 4.11. The molecule has 1 aromatic heterocycles. The minimum atomic E-state index is -0.126. The van der Waals surface area contributed by atoms with Gasteiger partial charge in [-0.25, -0.2) is 4.98 Å². The maximum Gasteiger partial charge on any atom is 0.244 e. The Morgan fingerprint density at radius 3 is 3.00 bits per heavy atom. The van der Waals surface area contributed by atoms with E-state index in [-0.39, 0.29) is 17.9 Å². The van der Waals surface area contributed by atoms with Crippen molar-refractivity contribution >= 4 is 39.4 Å². The number of carbonyl (C=O) groups excluding carboxylic acids is 2. The number of carbonyl (C=O) groups is 2. The Hall–Kier alpha value is -2.25. The summed E-state index contributed by atoms with van der Waals surface area (Å²) < 4.78 is 1.11. The molecule has 1 atom stereocenters. The normalized spacial score (nSPS) is 17.5. The number of thiazole rings is 1. The highest BCUT2D eigenvalue weighted by Gasteiger charge is 2.30. The molecule has 2 amide bonds. The van der Waals surface area contributed by atoms with Crippen molar-refractivity contribution in [2.45, 2.75) is 25.3 Å². The first-order valence-electron chi connectivity index (χ1n) is 9.28. The summed E-state index contributed by atoms with van der Waals surface area (Å²) >= 11 is 1.57. The van der Waals surface area contributed by atoms with Crippen molar-refractivity contribution in [2.75, 3.05) is 33.7 Å². The standard InChI is InChI=1S/C20H26N4O2S/c1-23(2)13-14-24-15(7-10-20(24)26)11-12-21-18(25)8-9-19-22-16-5-3-4-6-17(16)27-19/h3-6,8-9,15H,7,10-14H2,1-2H3,(H,21,25)/b9-8+. The Labute approximate surface area is 163 Å². The number of likely N-dealkylation sites (N-methyl/N-ethyl adjacent to an activating group) is 1. The van der Waals surface area contributed by atoms with Gasteiger partial charge in [0.15, 0.2) is 0 Å². The van der Waals surface area contributed by atoms with E-state index in [2.05, 4.69) is 15.2 Å². The van der Waals surface area contributed by atoms with Crippen LogP contribution >= 0.6 is 11.3 Å². The number of rotatable bonds is 8. The van der Waals surface area contributed by atoms with Gasteiger partial charge in [0.25, 0.3) is 0 Å². The highest BCUT2D eigenvalue weighted by molar-refractivity contribution is 7.19. The summed E-state index contributed by atoms with van der Waals surface area (Å²) in [6, 6.07) is 8.16. The molecule has 1 aliphatic heterocycles. The molecule has 1 aliphatic rings. The third-order valence-electron chi connectivity index (χ3n) is 4.71. The Kier molecular flexibility index (Phi) is 6.58. The maximum absolute atomic E-state index is 12.1. The molecule has 1 unspecified atom stereocenters. The maximum atomic E-state index is 12.1. The van der Waals surface area contributed by atoms with Crippen molar-refractivity contribution < 1.29 is 9.59 Å². The molecule has 2 aromatic rings. The molecule has 6 nitrogen and oxygen atoms in total. The van der Waals surface area contributed by atoms with Gasteiger partial charge in [-0.15, -0.1) is 11.3 Å².